The van der Waals surface area contributed by atoms with Gasteiger partial charge < -0.3 is 9.84 Å². The summed E-state index contributed by atoms with van der Waals surface area (Å²) in [5.74, 6) is 1.88. The van der Waals surface area contributed by atoms with E-state index in [9.17, 15) is 0 Å². The second kappa shape index (κ2) is 5.08. The first-order chi connectivity index (χ1) is 8.83. The summed E-state index contributed by atoms with van der Waals surface area (Å²) in [5.41, 5.74) is 0.794. The van der Waals surface area contributed by atoms with Crippen molar-refractivity contribution in [3.63, 3.8) is 0 Å². The minimum absolute atomic E-state index is 0.501. The molecule has 5 heteroatoms. The van der Waals surface area contributed by atoms with Gasteiger partial charge in [-0.3, -0.25) is 0 Å². The minimum Gasteiger partial charge on any atom is -0.334 e. The van der Waals surface area contributed by atoms with Gasteiger partial charge in [0, 0.05) is 6.42 Å². The summed E-state index contributed by atoms with van der Waals surface area (Å²) in [5, 5.41) is 7.99. The number of nitrogens with one attached hydrogen (secondary N) is 1. The Morgan fingerprint density at radius 3 is 3.06 bits per heavy atom. The molecular formula is C13H14ClN3O. The fourth-order valence-corrected chi connectivity index (χ4v) is 2.44. The van der Waals surface area contributed by atoms with Gasteiger partial charge in [-0.15, -0.1) is 0 Å². The lowest BCUT2D eigenvalue weighted by Gasteiger charge is -2.02. The highest BCUT2D eigenvalue weighted by atomic mass is 35.5. The average molecular weight is 264 g/mol. The summed E-state index contributed by atoms with van der Waals surface area (Å²) >= 11 is 6.10. The van der Waals surface area contributed by atoms with Crippen molar-refractivity contribution in [1.29, 1.82) is 0 Å². The van der Waals surface area contributed by atoms with E-state index in [1.54, 1.807) is 0 Å². The van der Waals surface area contributed by atoms with E-state index in [1.165, 1.54) is 6.42 Å². The normalized spacial score (nSPS) is 19.3. The van der Waals surface area contributed by atoms with E-state index in [0.717, 1.165) is 30.9 Å². The fraction of sp³-hybridized carbons (Fsp3) is 0.385. The van der Waals surface area contributed by atoms with Gasteiger partial charge in [0.05, 0.1) is 10.6 Å². The van der Waals surface area contributed by atoms with Crippen LogP contribution in [-0.4, -0.2) is 23.2 Å². The Kier molecular flexibility index (Phi) is 3.30. The quantitative estimate of drug-likeness (QED) is 0.925. The van der Waals surface area contributed by atoms with Crippen LogP contribution in [0, 0.1) is 5.92 Å². The van der Waals surface area contributed by atoms with Gasteiger partial charge in [-0.05, 0) is 37.6 Å². The Hall–Kier alpha value is -1.39. The van der Waals surface area contributed by atoms with Crippen molar-refractivity contribution in [2.45, 2.75) is 12.8 Å². The lowest BCUT2D eigenvalue weighted by molar-refractivity contribution is 0.415. The maximum atomic E-state index is 6.10. The molecule has 3 rings (SSSR count). The number of hydrogen-bond acceptors (Lipinski definition) is 4. The number of nitrogens with zero attached hydrogens (tertiary/aromatic N) is 2. The van der Waals surface area contributed by atoms with Crippen LogP contribution in [0.1, 0.15) is 12.2 Å². The zero-order chi connectivity index (χ0) is 12.4. The molecule has 1 aliphatic heterocycles. The summed E-state index contributed by atoms with van der Waals surface area (Å²) in [6.07, 6.45) is 2.04. The molecule has 1 aromatic carbocycles. The number of hydrogen-bond donors (Lipinski definition) is 1. The van der Waals surface area contributed by atoms with Crippen molar-refractivity contribution in [3.8, 4) is 11.5 Å². The highest BCUT2D eigenvalue weighted by molar-refractivity contribution is 6.33. The van der Waals surface area contributed by atoms with E-state index in [4.69, 9.17) is 16.1 Å². The van der Waals surface area contributed by atoms with Gasteiger partial charge in [0.25, 0.3) is 5.89 Å². The van der Waals surface area contributed by atoms with Crippen LogP contribution in [0.3, 0.4) is 0 Å². The maximum Gasteiger partial charge on any atom is 0.259 e. The molecule has 0 saturated carbocycles. The van der Waals surface area contributed by atoms with Gasteiger partial charge >= 0.3 is 0 Å². The first kappa shape index (κ1) is 11.7. The molecule has 2 aromatic rings. The predicted molar refractivity (Wildman–Crippen MR) is 69.4 cm³/mol. The molecule has 1 saturated heterocycles. The molecule has 1 atom stereocenters. The van der Waals surface area contributed by atoms with Gasteiger partial charge in [0.1, 0.15) is 0 Å². The highest BCUT2D eigenvalue weighted by Crippen LogP contribution is 2.26. The molecule has 18 heavy (non-hydrogen) atoms. The molecule has 0 aliphatic carbocycles. The standard InChI is InChI=1S/C13H14ClN3O/c14-11-4-2-1-3-10(11)13-16-12(17-18-13)7-9-5-6-15-8-9/h1-4,9,15H,5-8H2. The van der Waals surface area contributed by atoms with Crippen LogP contribution in [0.15, 0.2) is 28.8 Å². The summed E-state index contributed by atoms with van der Waals surface area (Å²) in [4.78, 5) is 4.41. The topological polar surface area (TPSA) is 51.0 Å². The fourth-order valence-electron chi connectivity index (χ4n) is 2.23. The minimum atomic E-state index is 0.501. The monoisotopic (exact) mass is 263 g/mol. The maximum absolute atomic E-state index is 6.10. The molecule has 1 aromatic heterocycles. The lowest BCUT2D eigenvalue weighted by Crippen LogP contribution is -2.11. The smallest absolute Gasteiger partial charge is 0.259 e. The third-order valence-electron chi connectivity index (χ3n) is 3.21. The van der Waals surface area contributed by atoms with Crippen LogP contribution >= 0.6 is 11.6 Å². The van der Waals surface area contributed by atoms with Gasteiger partial charge in [0.15, 0.2) is 5.82 Å². The molecule has 1 N–H and O–H groups in total. The first-order valence-corrected chi connectivity index (χ1v) is 6.49. The second-order valence-electron chi connectivity index (χ2n) is 4.56. The molecule has 0 amide bonds. The van der Waals surface area contributed by atoms with Crippen molar-refractivity contribution >= 4 is 11.6 Å². The number of halogens is 1. The van der Waals surface area contributed by atoms with Crippen molar-refractivity contribution in [1.82, 2.24) is 15.5 Å². The molecular weight excluding hydrogens is 250 g/mol. The van der Waals surface area contributed by atoms with E-state index in [1.807, 2.05) is 24.3 Å². The van der Waals surface area contributed by atoms with Crippen LogP contribution in [0.2, 0.25) is 5.02 Å². The van der Waals surface area contributed by atoms with Gasteiger partial charge in [0.2, 0.25) is 0 Å². The van der Waals surface area contributed by atoms with Crippen LogP contribution in [0.25, 0.3) is 11.5 Å². The van der Waals surface area contributed by atoms with E-state index in [0.29, 0.717) is 16.8 Å². The van der Waals surface area contributed by atoms with E-state index in [2.05, 4.69) is 15.5 Å². The molecule has 94 valence electrons. The van der Waals surface area contributed by atoms with Crippen molar-refractivity contribution in [2.24, 2.45) is 5.92 Å². The van der Waals surface area contributed by atoms with Crippen LogP contribution in [0.4, 0.5) is 0 Å². The molecule has 1 fully saturated rings. The van der Waals surface area contributed by atoms with Crippen LogP contribution in [-0.2, 0) is 6.42 Å². The molecule has 4 nitrogen and oxygen atoms in total. The molecule has 2 heterocycles. The summed E-state index contributed by atoms with van der Waals surface area (Å²) < 4.78 is 5.28. The second-order valence-corrected chi connectivity index (χ2v) is 4.97. The van der Waals surface area contributed by atoms with Crippen molar-refractivity contribution in [2.75, 3.05) is 13.1 Å². The SMILES string of the molecule is Clc1ccccc1-c1nc(CC2CCNC2)no1. The lowest BCUT2D eigenvalue weighted by atomic mass is 10.1. The first-order valence-electron chi connectivity index (χ1n) is 6.11. The molecule has 0 radical (unpaired) electrons. The summed E-state index contributed by atoms with van der Waals surface area (Å²) in [7, 11) is 0. The van der Waals surface area contributed by atoms with Crippen molar-refractivity contribution < 1.29 is 4.52 Å². The zero-order valence-electron chi connectivity index (χ0n) is 9.90. The van der Waals surface area contributed by atoms with Crippen molar-refractivity contribution in [3.05, 3.63) is 35.1 Å². The summed E-state index contributed by atoms with van der Waals surface area (Å²) in [6.45, 7) is 2.12. The summed E-state index contributed by atoms with van der Waals surface area (Å²) in [6, 6.07) is 7.50. The van der Waals surface area contributed by atoms with E-state index in [-0.39, 0.29) is 0 Å². The van der Waals surface area contributed by atoms with E-state index >= 15 is 0 Å². The third-order valence-corrected chi connectivity index (χ3v) is 3.54. The molecule has 1 unspecified atom stereocenters. The van der Waals surface area contributed by atoms with Crippen LogP contribution < -0.4 is 5.32 Å². The van der Waals surface area contributed by atoms with Gasteiger partial charge in [-0.1, -0.05) is 28.9 Å². The zero-order valence-corrected chi connectivity index (χ0v) is 10.7. The Bertz CT molecular complexity index is 535. The Balaban J connectivity index is 1.79. The Morgan fingerprint density at radius 2 is 2.28 bits per heavy atom. The average Bonchev–Trinajstić information content (AvgIpc) is 3.02. The highest BCUT2D eigenvalue weighted by Gasteiger charge is 2.19. The Morgan fingerprint density at radius 1 is 1.39 bits per heavy atom. The van der Waals surface area contributed by atoms with Gasteiger partial charge in [-0.25, -0.2) is 0 Å². The predicted octanol–water partition coefficient (Wildman–Crippen LogP) is 2.54. The number of aromatic nitrogens is 2. The Labute approximate surface area is 110 Å². The van der Waals surface area contributed by atoms with Crippen LogP contribution in [0.5, 0.6) is 0 Å². The van der Waals surface area contributed by atoms with E-state index < -0.39 is 0 Å². The number of rotatable bonds is 3. The molecule has 0 bridgehead atoms. The number of benzene rings is 1. The third kappa shape index (κ3) is 2.40. The van der Waals surface area contributed by atoms with Gasteiger partial charge in [-0.2, -0.15) is 4.98 Å². The molecule has 0 spiro atoms. The molecule has 1 aliphatic rings. The largest absolute Gasteiger partial charge is 0.334 e.